The second-order valence-corrected chi connectivity index (χ2v) is 8.34. The van der Waals surface area contributed by atoms with E-state index in [0.717, 1.165) is 27.6 Å². The van der Waals surface area contributed by atoms with E-state index in [0.29, 0.717) is 18.5 Å². The number of hydrogen-bond acceptors (Lipinski definition) is 5. The fraction of sp³-hybridized carbons (Fsp3) is 0.172. The monoisotopic (exact) mass is 493 g/mol. The molecule has 0 aliphatic heterocycles. The van der Waals surface area contributed by atoms with Crippen molar-refractivity contribution in [1.82, 2.24) is 15.3 Å². The lowest BCUT2D eigenvalue weighted by molar-refractivity contribution is -0.123. The lowest BCUT2D eigenvalue weighted by Gasteiger charge is -2.16. The summed E-state index contributed by atoms with van der Waals surface area (Å²) in [5, 5.41) is 17.2. The molecule has 0 fully saturated rings. The van der Waals surface area contributed by atoms with Crippen molar-refractivity contribution in [2.45, 2.75) is 25.9 Å². The minimum atomic E-state index is -0.859. The van der Waals surface area contributed by atoms with Gasteiger partial charge in [0.25, 0.3) is 5.91 Å². The van der Waals surface area contributed by atoms with E-state index in [4.69, 9.17) is 4.74 Å². The lowest BCUT2D eigenvalue weighted by Crippen LogP contribution is -2.47. The number of ether oxygens (including phenoxy) is 1. The number of rotatable bonds is 9. The highest BCUT2D eigenvalue weighted by Gasteiger charge is 2.21. The number of nitriles is 1. The number of para-hydroxylation sites is 1. The molecule has 4 rings (SSSR count). The maximum atomic E-state index is 12.9. The molecular weight excluding hydrogens is 466 g/mol. The minimum absolute atomic E-state index is 0.201. The molecule has 0 saturated carbocycles. The summed E-state index contributed by atoms with van der Waals surface area (Å²) in [7, 11) is 0. The highest BCUT2D eigenvalue weighted by molar-refractivity contribution is 6.00. The van der Waals surface area contributed by atoms with Gasteiger partial charge in [-0.05, 0) is 30.2 Å². The molecule has 8 nitrogen and oxygen atoms in total. The first-order valence-corrected chi connectivity index (χ1v) is 11.9. The zero-order chi connectivity index (χ0) is 26.0. The van der Waals surface area contributed by atoms with Gasteiger partial charge < -0.3 is 14.6 Å². The molecule has 0 spiro atoms. The summed E-state index contributed by atoms with van der Waals surface area (Å²) >= 11 is 0. The Balaban J connectivity index is 1.52. The Morgan fingerprint density at radius 2 is 1.78 bits per heavy atom. The third-order valence-corrected chi connectivity index (χ3v) is 5.84. The summed E-state index contributed by atoms with van der Waals surface area (Å²) in [4.78, 5) is 24.9. The maximum absolute atomic E-state index is 12.9. The largest absolute Gasteiger partial charge is 0.450 e. The fourth-order valence-electron chi connectivity index (χ4n) is 4.08. The fourth-order valence-corrected chi connectivity index (χ4v) is 4.08. The van der Waals surface area contributed by atoms with Gasteiger partial charge in [-0.1, -0.05) is 66.7 Å². The van der Waals surface area contributed by atoms with Gasteiger partial charge in [-0.3, -0.25) is 4.79 Å². The number of carbonyl (C=O) groups excluding carboxylic acids is 2. The van der Waals surface area contributed by atoms with Crippen molar-refractivity contribution in [2.24, 2.45) is 5.10 Å². The zero-order valence-corrected chi connectivity index (χ0v) is 20.4. The van der Waals surface area contributed by atoms with Crippen LogP contribution in [0.15, 0.2) is 90.2 Å². The minimum Gasteiger partial charge on any atom is -0.450 e. The predicted octanol–water partition coefficient (Wildman–Crippen LogP) is 4.37. The molecule has 1 atom stereocenters. The number of nitrogens with zero attached hydrogens (tertiary/aromatic N) is 3. The van der Waals surface area contributed by atoms with Crippen molar-refractivity contribution >= 4 is 29.1 Å². The molecule has 1 aromatic heterocycles. The maximum Gasteiger partial charge on any atom is 0.407 e. The molecule has 0 bridgehead atoms. The average molecular weight is 494 g/mol. The van der Waals surface area contributed by atoms with Crippen LogP contribution >= 0.6 is 0 Å². The molecular formula is C29H27N5O3. The normalized spacial score (nSPS) is 11.7. The smallest absolute Gasteiger partial charge is 0.407 e. The molecule has 1 heterocycles. The zero-order valence-electron chi connectivity index (χ0n) is 20.4. The van der Waals surface area contributed by atoms with Crippen LogP contribution in [0.3, 0.4) is 0 Å². The van der Waals surface area contributed by atoms with Crippen LogP contribution in [-0.2, 0) is 22.5 Å². The number of amides is 2. The Morgan fingerprint density at radius 3 is 2.57 bits per heavy atom. The molecule has 0 unspecified atom stereocenters. The van der Waals surface area contributed by atoms with Gasteiger partial charge in [0, 0.05) is 35.6 Å². The quantitative estimate of drug-likeness (QED) is 0.267. The van der Waals surface area contributed by atoms with Gasteiger partial charge in [0.15, 0.2) is 0 Å². The molecule has 2 N–H and O–H groups in total. The standard InChI is InChI=1S/C29H27N5O3/c1-2-37-29(36)32-26(16-21-10-4-3-5-11-21)28(35)33-31-18-24-20-34(27-15-9-8-14-25(24)27)19-23-13-7-6-12-22(23)17-30/h3-15,18,20,26H,2,16,19H2,1H3,(H,32,36)(H,33,35)/b31-18-/t26-/m0/s1. The highest BCUT2D eigenvalue weighted by Crippen LogP contribution is 2.22. The summed E-state index contributed by atoms with van der Waals surface area (Å²) in [5.74, 6) is -0.458. The number of hydrazone groups is 1. The summed E-state index contributed by atoms with van der Waals surface area (Å²) in [6, 6.07) is 26.1. The number of carbonyl (C=O) groups is 2. The summed E-state index contributed by atoms with van der Waals surface area (Å²) in [5.41, 5.74) is 6.77. The number of alkyl carbamates (subject to hydrolysis) is 1. The van der Waals surface area contributed by atoms with E-state index in [2.05, 4.69) is 26.5 Å². The first-order chi connectivity index (χ1) is 18.1. The van der Waals surface area contributed by atoms with E-state index in [9.17, 15) is 14.9 Å². The van der Waals surface area contributed by atoms with E-state index in [1.807, 2.05) is 79.0 Å². The van der Waals surface area contributed by atoms with Crippen molar-refractivity contribution in [3.05, 3.63) is 107 Å². The van der Waals surface area contributed by atoms with Crippen LogP contribution in [-0.4, -0.2) is 35.4 Å². The van der Waals surface area contributed by atoms with E-state index in [1.165, 1.54) is 0 Å². The molecule has 0 aliphatic rings. The van der Waals surface area contributed by atoms with Gasteiger partial charge in [0.1, 0.15) is 6.04 Å². The Morgan fingerprint density at radius 1 is 1.05 bits per heavy atom. The SMILES string of the molecule is CCOC(=O)N[C@@H](Cc1ccccc1)C(=O)N/N=C\c1cn(Cc2ccccc2C#N)c2ccccc12. The predicted molar refractivity (Wildman–Crippen MR) is 142 cm³/mol. The van der Waals surface area contributed by atoms with E-state index >= 15 is 0 Å². The summed E-state index contributed by atoms with van der Waals surface area (Å²) in [6.07, 6.45) is 3.14. The van der Waals surface area contributed by atoms with Gasteiger partial charge in [-0.15, -0.1) is 0 Å². The summed E-state index contributed by atoms with van der Waals surface area (Å²) in [6.45, 7) is 2.42. The van der Waals surface area contributed by atoms with Crippen molar-refractivity contribution in [1.29, 1.82) is 5.26 Å². The van der Waals surface area contributed by atoms with Gasteiger partial charge in [0.05, 0.1) is 24.5 Å². The number of fused-ring (bicyclic) bond motifs is 1. The van der Waals surface area contributed by atoms with Crippen molar-refractivity contribution in [2.75, 3.05) is 6.61 Å². The van der Waals surface area contributed by atoms with Crippen LogP contribution in [0.2, 0.25) is 0 Å². The van der Waals surface area contributed by atoms with Crippen LogP contribution in [0.25, 0.3) is 10.9 Å². The van der Waals surface area contributed by atoms with Crippen LogP contribution < -0.4 is 10.7 Å². The molecule has 3 aromatic carbocycles. The number of hydrogen-bond donors (Lipinski definition) is 2. The van der Waals surface area contributed by atoms with Gasteiger partial charge >= 0.3 is 6.09 Å². The Kier molecular flexibility index (Phi) is 8.29. The van der Waals surface area contributed by atoms with Crippen LogP contribution in [0.1, 0.15) is 29.2 Å². The van der Waals surface area contributed by atoms with Crippen LogP contribution in [0.5, 0.6) is 0 Å². The third-order valence-electron chi connectivity index (χ3n) is 5.84. The number of aromatic nitrogens is 1. The Labute approximate surface area is 215 Å². The Hall–Kier alpha value is -4.90. The van der Waals surface area contributed by atoms with Gasteiger partial charge in [0.2, 0.25) is 0 Å². The molecule has 2 amide bonds. The Bertz CT molecular complexity index is 1450. The van der Waals surface area contributed by atoms with Gasteiger partial charge in [-0.2, -0.15) is 10.4 Å². The van der Waals surface area contributed by atoms with Crippen molar-refractivity contribution in [3.8, 4) is 6.07 Å². The molecule has 0 saturated heterocycles. The molecule has 4 aromatic rings. The van der Waals surface area contributed by atoms with Crippen LogP contribution in [0.4, 0.5) is 4.79 Å². The molecule has 8 heteroatoms. The van der Waals surface area contributed by atoms with Crippen LogP contribution in [0, 0.1) is 11.3 Å². The highest BCUT2D eigenvalue weighted by atomic mass is 16.5. The molecule has 0 radical (unpaired) electrons. The second-order valence-electron chi connectivity index (χ2n) is 8.34. The van der Waals surface area contributed by atoms with E-state index < -0.39 is 18.0 Å². The van der Waals surface area contributed by atoms with Crippen molar-refractivity contribution in [3.63, 3.8) is 0 Å². The average Bonchev–Trinajstić information content (AvgIpc) is 3.26. The van der Waals surface area contributed by atoms with Crippen molar-refractivity contribution < 1.29 is 14.3 Å². The van der Waals surface area contributed by atoms with E-state index in [1.54, 1.807) is 19.2 Å². The topological polar surface area (TPSA) is 109 Å². The lowest BCUT2D eigenvalue weighted by atomic mass is 10.1. The number of benzene rings is 3. The molecule has 37 heavy (non-hydrogen) atoms. The molecule has 186 valence electrons. The number of nitrogens with one attached hydrogen (secondary N) is 2. The van der Waals surface area contributed by atoms with Gasteiger partial charge in [-0.25, -0.2) is 10.2 Å². The first kappa shape index (κ1) is 25.2. The second kappa shape index (κ2) is 12.2. The third kappa shape index (κ3) is 6.41. The molecule has 0 aliphatic carbocycles. The summed E-state index contributed by atoms with van der Waals surface area (Å²) < 4.78 is 7.01. The van der Waals surface area contributed by atoms with E-state index in [-0.39, 0.29) is 6.61 Å². The first-order valence-electron chi connectivity index (χ1n) is 11.9.